The molecule has 0 radical (unpaired) electrons. The maximum Gasteiger partial charge on any atom is 0.320 e. The van der Waals surface area contributed by atoms with E-state index in [0.717, 1.165) is 5.56 Å². The molecule has 0 aliphatic heterocycles. The monoisotopic (exact) mass is 269 g/mol. The van der Waals surface area contributed by atoms with E-state index in [2.05, 4.69) is 0 Å². The second-order valence-corrected chi connectivity index (χ2v) is 4.68. The Morgan fingerprint density at radius 2 is 2.11 bits per heavy atom. The summed E-state index contributed by atoms with van der Waals surface area (Å²) < 4.78 is 23.4. The molecule has 19 heavy (non-hydrogen) atoms. The second kappa shape index (κ2) is 7.09. The maximum atomic E-state index is 13.5. The van der Waals surface area contributed by atoms with Crippen LogP contribution in [0.2, 0.25) is 0 Å². The van der Waals surface area contributed by atoms with E-state index in [0.29, 0.717) is 6.54 Å². The standard InChI is InChI=1S/C14H20FNO3/c1-10(2)19-14(17)9-16(3)8-11-5-6-13(18-4)12(15)7-11/h5-7,10H,8-9H2,1-4H3. The predicted molar refractivity (Wildman–Crippen MR) is 70.5 cm³/mol. The average molecular weight is 269 g/mol. The molecular formula is C14H20FNO3. The number of methoxy groups -OCH3 is 1. The number of nitrogens with zero attached hydrogens (tertiary/aromatic N) is 1. The summed E-state index contributed by atoms with van der Waals surface area (Å²) in [4.78, 5) is 13.2. The van der Waals surface area contributed by atoms with Gasteiger partial charge < -0.3 is 9.47 Å². The summed E-state index contributed by atoms with van der Waals surface area (Å²) in [6.07, 6.45) is -0.126. The van der Waals surface area contributed by atoms with Crippen LogP contribution in [-0.4, -0.2) is 37.7 Å². The highest BCUT2D eigenvalue weighted by Gasteiger charge is 2.11. The van der Waals surface area contributed by atoms with Crippen LogP contribution in [-0.2, 0) is 16.1 Å². The van der Waals surface area contributed by atoms with Crippen molar-refractivity contribution >= 4 is 5.97 Å². The Kier molecular flexibility index (Phi) is 5.76. The van der Waals surface area contributed by atoms with Gasteiger partial charge >= 0.3 is 5.97 Å². The van der Waals surface area contributed by atoms with E-state index in [1.165, 1.54) is 13.2 Å². The lowest BCUT2D eigenvalue weighted by Crippen LogP contribution is -2.28. The fourth-order valence-electron chi connectivity index (χ4n) is 1.70. The molecular weight excluding hydrogens is 249 g/mol. The molecule has 0 aliphatic rings. The van der Waals surface area contributed by atoms with Crippen LogP contribution in [0.5, 0.6) is 5.75 Å². The molecule has 0 saturated heterocycles. The highest BCUT2D eigenvalue weighted by atomic mass is 19.1. The summed E-state index contributed by atoms with van der Waals surface area (Å²) in [5.41, 5.74) is 0.776. The second-order valence-electron chi connectivity index (χ2n) is 4.68. The van der Waals surface area contributed by atoms with Gasteiger partial charge in [-0.3, -0.25) is 9.69 Å². The quantitative estimate of drug-likeness (QED) is 0.742. The van der Waals surface area contributed by atoms with Crippen LogP contribution in [0.4, 0.5) is 4.39 Å². The first-order valence-corrected chi connectivity index (χ1v) is 6.12. The molecule has 1 aromatic carbocycles. The van der Waals surface area contributed by atoms with Crippen LogP contribution in [0, 0.1) is 5.82 Å². The molecule has 5 heteroatoms. The number of hydrogen-bond donors (Lipinski definition) is 0. The molecule has 0 heterocycles. The van der Waals surface area contributed by atoms with Crippen molar-refractivity contribution in [2.45, 2.75) is 26.5 Å². The Morgan fingerprint density at radius 1 is 1.42 bits per heavy atom. The number of hydrogen-bond acceptors (Lipinski definition) is 4. The first-order chi connectivity index (χ1) is 8.92. The molecule has 0 atom stereocenters. The van der Waals surface area contributed by atoms with Gasteiger partial charge in [-0.2, -0.15) is 0 Å². The number of rotatable bonds is 6. The molecule has 106 valence electrons. The molecule has 0 spiro atoms. The number of benzene rings is 1. The summed E-state index contributed by atoms with van der Waals surface area (Å²) >= 11 is 0. The van der Waals surface area contributed by atoms with E-state index in [9.17, 15) is 9.18 Å². The van der Waals surface area contributed by atoms with Gasteiger partial charge in [-0.05, 0) is 38.6 Å². The highest BCUT2D eigenvalue weighted by Crippen LogP contribution is 2.18. The van der Waals surface area contributed by atoms with E-state index in [4.69, 9.17) is 9.47 Å². The van der Waals surface area contributed by atoms with E-state index in [1.807, 2.05) is 0 Å². The number of esters is 1. The van der Waals surface area contributed by atoms with Crippen LogP contribution in [0.25, 0.3) is 0 Å². The number of carbonyl (C=O) groups is 1. The zero-order chi connectivity index (χ0) is 14.4. The third-order valence-corrected chi connectivity index (χ3v) is 2.43. The summed E-state index contributed by atoms with van der Waals surface area (Å²) in [7, 11) is 3.20. The minimum Gasteiger partial charge on any atom is -0.494 e. The van der Waals surface area contributed by atoms with Gasteiger partial charge in [-0.15, -0.1) is 0 Å². The van der Waals surface area contributed by atoms with E-state index in [1.54, 1.807) is 37.9 Å². The van der Waals surface area contributed by atoms with Gasteiger partial charge in [-0.1, -0.05) is 6.07 Å². The lowest BCUT2D eigenvalue weighted by Gasteiger charge is -2.17. The van der Waals surface area contributed by atoms with Crippen molar-refractivity contribution in [2.75, 3.05) is 20.7 Å². The number of carbonyl (C=O) groups excluding carboxylic acids is 1. The van der Waals surface area contributed by atoms with Crippen molar-refractivity contribution in [1.82, 2.24) is 4.90 Å². The largest absolute Gasteiger partial charge is 0.494 e. The van der Waals surface area contributed by atoms with Crippen molar-refractivity contribution in [3.05, 3.63) is 29.6 Å². The van der Waals surface area contributed by atoms with Gasteiger partial charge in [0.1, 0.15) is 0 Å². The van der Waals surface area contributed by atoms with Crippen LogP contribution in [0.15, 0.2) is 18.2 Å². The van der Waals surface area contributed by atoms with Crippen molar-refractivity contribution in [3.63, 3.8) is 0 Å². The van der Waals surface area contributed by atoms with Crippen molar-refractivity contribution in [3.8, 4) is 5.75 Å². The van der Waals surface area contributed by atoms with Crippen molar-refractivity contribution in [1.29, 1.82) is 0 Å². The number of ether oxygens (including phenoxy) is 2. The summed E-state index contributed by atoms with van der Waals surface area (Å²) in [6.45, 7) is 4.24. The first-order valence-electron chi connectivity index (χ1n) is 6.12. The molecule has 0 amide bonds. The Hall–Kier alpha value is -1.62. The van der Waals surface area contributed by atoms with Crippen LogP contribution < -0.4 is 4.74 Å². The van der Waals surface area contributed by atoms with Gasteiger partial charge in [0.15, 0.2) is 11.6 Å². The average Bonchev–Trinajstić information content (AvgIpc) is 2.27. The topological polar surface area (TPSA) is 38.8 Å². The minimum atomic E-state index is -0.404. The number of halogens is 1. The maximum absolute atomic E-state index is 13.5. The molecule has 0 saturated carbocycles. The van der Waals surface area contributed by atoms with Gasteiger partial charge in [-0.25, -0.2) is 4.39 Å². The third-order valence-electron chi connectivity index (χ3n) is 2.43. The molecule has 0 aromatic heterocycles. The third kappa shape index (κ3) is 5.26. The SMILES string of the molecule is COc1ccc(CN(C)CC(=O)OC(C)C)cc1F. The first kappa shape index (κ1) is 15.4. The fraction of sp³-hybridized carbons (Fsp3) is 0.500. The van der Waals surface area contributed by atoms with Crippen LogP contribution in [0.1, 0.15) is 19.4 Å². The van der Waals surface area contributed by atoms with E-state index < -0.39 is 5.82 Å². The van der Waals surface area contributed by atoms with Gasteiger partial charge in [0.05, 0.1) is 19.8 Å². The van der Waals surface area contributed by atoms with Gasteiger partial charge in [0.2, 0.25) is 0 Å². The fourth-order valence-corrected chi connectivity index (χ4v) is 1.70. The predicted octanol–water partition coefficient (Wildman–Crippen LogP) is 2.22. The lowest BCUT2D eigenvalue weighted by atomic mass is 10.2. The van der Waals surface area contributed by atoms with Crippen molar-refractivity contribution in [2.24, 2.45) is 0 Å². The summed E-state index contributed by atoms with van der Waals surface area (Å²) in [5.74, 6) is -0.477. The smallest absolute Gasteiger partial charge is 0.320 e. The zero-order valence-corrected chi connectivity index (χ0v) is 11.8. The Morgan fingerprint density at radius 3 is 2.63 bits per heavy atom. The zero-order valence-electron chi connectivity index (χ0n) is 11.8. The lowest BCUT2D eigenvalue weighted by molar-refractivity contribution is -0.148. The molecule has 0 N–H and O–H groups in total. The van der Waals surface area contributed by atoms with Gasteiger partial charge in [0, 0.05) is 6.54 Å². The van der Waals surface area contributed by atoms with E-state index in [-0.39, 0.29) is 24.4 Å². The normalized spacial score (nSPS) is 10.9. The van der Waals surface area contributed by atoms with E-state index >= 15 is 0 Å². The molecule has 4 nitrogen and oxygen atoms in total. The molecule has 0 bridgehead atoms. The van der Waals surface area contributed by atoms with Crippen LogP contribution >= 0.6 is 0 Å². The Bertz CT molecular complexity index is 435. The number of likely N-dealkylation sites (N-methyl/N-ethyl adjacent to an activating group) is 1. The van der Waals surface area contributed by atoms with Crippen LogP contribution in [0.3, 0.4) is 0 Å². The summed E-state index contributed by atoms with van der Waals surface area (Å²) in [6, 6.07) is 4.75. The molecule has 0 aliphatic carbocycles. The molecule has 0 unspecified atom stereocenters. The Labute approximate surface area is 113 Å². The Balaban J connectivity index is 2.54. The minimum absolute atomic E-state index is 0.126. The molecule has 1 rings (SSSR count). The van der Waals surface area contributed by atoms with Gasteiger partial charge in [0.25, 0.3) is 0 Å². The molecule has 1 aromatic rings. The molecule has 0 fully saturated rings. The highest BCUT2D eigenvalue weighted by molar-refractivity contribution is 5.71. The summed E-state index contributed by atoms with van der Waals surface area (Å²) in [5, 5.41) is 0. The van der Waals surface area contributed by atoms with Crippen molar-refractivity contribution < 1.29 is 18.7 Å².